The van der Waals surface area contributed by atoms with E-state index in [2.05, 4.69) is 15.9 Å². The Hall–Kier alpha value is -1.40. The third kappa shape index (κ3) is 2.64. The van der Waals surface area contributed by atoms with Crippen LogP contribution < -0.4 is 0 Å². The first-order chi connectivity index (χ1) is 8.91. The van der Waals surface area contributed by atoms with E-state index >= 15 is 0 Å². The van der Waals surface area contributed by atoms with Crippen LogP contribution in [0.1, 0.15) is 17.2 Å². The first-order valence-electron chi connectivity index (χ1n) is 5.18. The largest absolute Gasteiger partial charge is 0.383 e. The molecule has 0 spiro atoms. The standard InChI is InChI=1S/C13H7BrF4O/c14-6-1-3-9(15)8(5-6)13(19)7-2-4-10(16)12(18)11(7)17/h1-5,13,19H. The van der Waals surface area contributed by atoms with E-state index < -0.39 is 34.9 Å². The molecule has 2 aromatic carbocycles. The van der Waals surface area contributed by atoms with Crippen molar-refractivity contribution in [3.05, 3.63) is 69.2 Å². The molecule has 0 fully saturated rings. The van der Waals surface area contributed by atoms with Crippen molar-refractivity contribution in [2.24, 2.45) is 0 Å². The molecule has 0 aliphatic carbocycles. The monoisotopic (exact) mass is 334 g/mol. The third-order valence-electron chi connectivity index (χ3n) is 2.61. The Kier molecular flexibility index (Phi) is 3.91. The molecule has 0 aliphatic heterocycles. The van der Waals surface area contributed by atoms with Gasteiger partial charge in [-0.1, -0.05) is 22.0 Å². The van der Waals surface area contributed by atoms with Crippen LogP contribution >= 0.6 is 15.9 Å². The average molecular weight is 335 g/mol. The van der Waals surface area contributed by atoms with Crippen LogP contribution in [0.5, 0.6) is 0 Å². The Morgan fingerprint density at radius 2 is 1.47 bits per heavy atom. The molecule has 0 saturated carbocycles. The minimum absolute atomic E-state index is 0.237. The quantitative estimate of drug-likeness (QED) is 0.648. The lowest BCUT2D eigenvalue weighted by Crippen LogP contribution is -2.07. The van der Waals surface area contributed by atoms with Crippen molar-refractivity contribution < 1.29 is 22.7 Å². The normalized spacial score (nSPS) is 12.5. The summed E-state index contributed by atoms with van der Waals surface area (Å²) in [5, 5.41) is 9.90. The van der Waals surface area contributed by atoms with Gasteiger partial charge in [0.15, 0.2) is 17.5 Å². The fourth-order valence-electron chi connectivity index (χ4n) is 1.64. The van der Waals surface area contributed by atoms with Gasteiger partial charge < -0.3 is 5.11 Å². The van der Waals surface area contributed by atoms with Gasteiger partial charge in [0.2, 0.25) is 0 Å². The molecule has 6 heteroatoms. The van der Waals surface area contributed by atoms with Crippen LogP contribution in [0.3, 0.4) is 0 Å². The Morgan fingerprint density at radius 1 is 0.842 bits per heavy atom. The number of benzene rings is 2. The highest BCUT2D eigenvalue weighted by Gasteiger charge is 2.22. The van der Waals surface area contributed by atoms with E-state index in [1.54, 1.807) is 0 Å². The van der Waals surface area contributed by atoms with Crippen LogP contribution in [0, 0.1) is 23.3 Å². The zero-order chi connectivity index (χ0) is 14.2. The number of rotatable bonds is 2. The molecule has 2 aromatic rings. The van der Waals surface area contributed by atoms with Gasteiger partial charge in [0, 0.05) is 15.6 Å². The van der Waals surface area contributed by atoms with E-state index in [-0.39, 0.29) is 5.56 Å². The molecule has 0 heterocycles. The molecule has 1 nitrogen and oxygen atoms in total. The molecule has 100 valence electrons. The number of halogens is 5. The van der Waals surface area contributed by atoms with Gasteiger partial charge in [-0.05, 0) is 24.3 Å². The van der Waals surface area contributed by atoms with Crippen molar-refractivity contribution in [2.45, 2.75) is 6.10 Å². The molecule has 2 rings (SSSR count). The Morgan fingerprint density at radius 3 is 2.16 bits per heavy atom. The summed E-state index contributed by atoms with van der Waals surface area (Å²) in [6, 6.07) is 5.25. The number of aliphatic hydroxyl groups excluding tert-OH is 1. The van der Waals surface area contributed by atoms with Crippen molar-refractivity contribution in [1.82, 2.24) is 0 Å². The summed E-state index contributed by atoms with van der Waals surface area (Å²) in [4.78, 5) is 0. The first kappa shape index (κ1) is 14.0. The van der Waals surface area contributed by atoms with Crippen LogP contribution in [0.15, 0.2) is 34.8 Å². The molecule has 0 aliphatic rings. The molecule has 19 heavy (non-hydrogen) atoms. The van der Waals surface area contributed by atoms with E-state index in [0.29, 0.717) is 10.5 Å². The maximum atomic E-state index is 13.5. The molecule has 0 radical (unpaired) electrons. The summed E-state index contributed by atoms with van der Waals surface area (Å²) < 4.78 is 53.4. The van der Waals surface area contributed by atoms with Crippen LogP contribution in [0.25, 0.3) is 0 Å². The highest BCUT2D eigenvalue weighted by molar-refractivity contribution is 9.10. The SMILES string of the molecule is OC(c1cc(Br)ccc1F)c1ccc(F)c(F)c1F. The second-order valence-electron chi connectivity index (χ2n) is 3.83. The van der Waals surface area contributed by atoms with Gasteiger partial charge in [0.25, 0.3) is 0 Å². The highest BCUT2D eigenvalue weighted by atomic mass is 79.9. The van der Waals surface area contributed by atoms with E-state index in [0.717, 1.165) is 12.1 Å². The molecule has 1 atom stereocenters. The molecule has 0 aromatic heterocycles. The van der Waals surface area contributed by atoms with Gasteiger partial charge in [-0.3, -0.25) is 0 Å². The third-order valence-corrected chi connectivity index (χ3v) is 3.11. The van der Waals surface area contributed by atoms with Crippen molar-refractivity contribution in [2.75, 3.05) is 0 Å². The number of hydrogen-bond donors (Lipinski definition) is 1. The molecule has 0 amide bonds. The Bertz CT molecular complexity index is 630. The summed E-state index contributed by atoms with van der Waals surface area (Å²) in [5.74, 6) is -5.39. The van der Waals surface area contributed by atoms with Crippen molar-refractivity contribution in [3.8, 4) is 0 Å². The topological polar surface area (TPSA) is 20.2 Å². The van der Waals surface area contributed by atoms with Crippen LogP contribution in [-0.2, 0) is 0 Å². The lowest BCUT2D eigenvalue weighted by atomic mass is 10.0. The maximum absolute atomic E-state index is 13.5. The zero-order valence-electron chi connectivity index (χ0n) is 9.30. The highest BCUT2D eigenvalue weighted by Crippen LogP contribution is 2.29. The zero-order valence-corrected chi connectivity index (χ0v) is 10.9. The maximum Gasteiger partial charge on any atom is 0.194 e. The summed E-state index contributed by atoms with van der Waals surface area (Å²) >= 11 is 3.08. The fraction of sp³-hybridized carbons (Fsp3) is 0.0769. The summed E-state index contributed by atoms with van der Waals surface area (Å²) in [7, 11) is 0. The first-order valence-corrected chi connectivity index (χ1v) is 5.97. The molecule has 0 saturated heterocycles. The molecular formula is C13H7BrF4O. The van der Waals surface area contributed by atoms with Gasteiger partial charge in [-0.25, -0.2) is 17.6 Å². The van der Waals surface area contributed by atoms with Crippen LogP contribution in [0.4, 0.5) is 17.6 Å². The van der Waals surface area contributed by atoms with Crippen molar-refractivity contribution >= 4 is 15.9 Å². The van der Waals surface area contributed by atoms with Crippen molar-refractivity contribution in [1.29, 1.82) is 0 Å². The molecule has 1 unspecified atom stereocenters. The molecule has 0 bridgehead atoms. The minimum Gasteiger partial charge on any atom is -0.383 e. The number of hydrogen-bond acceptors (Lipinski definition) is 1. The summed E-state index contributed by atoms with van der Waals surface area (Å²) in [5.41, 5.74) is -0.768. The Labute approximate surface area is 114 Å². The van der Waals surface area contributed by atoms with E-state index in [1.165, 1.54) is 12.1 Å². The van der Waals surface area contributed by atoms with Gasteiger partial charge in [0.1, 0.15) is 11.9 Å². The average Bonchev–Trinajstić information content (AvgIpc) is 2.38. The fourth-order valence-corrected chi connectivity index (χ4v) is 2.02. The lowest BCUT2D eigenvalue weighted by Gasteiger charge is -2.14. The predicted molar refractivity (Wildman–Crippen MR) is 64.5 cm³/mol. The predicted octanol–water partition coefficient (Wildman–Crippen LogP) is 4.09. The lowest BCUT2D eigenvalue weighted by molar-refractivity contribution is 0.207. The van der Waals surface area contributed by atoms with E-state index in [4.69, 9.17) is 0 Å². The van der Waals surface area contributed by atoms with Gasteiger partial charge in [0.05, 0.1) is 0 Å². The number of aliphatic hydroxyl groups is 1. The van der Waals surface area contributed by atoms with E-state index in [1.807, 2.05) is 0 Å². The molecular weight excluding hydrogens is 328 g/mol. The summed E-state index contributed by atoms with van der Waals surface area (Å²) in [6.45, 7) is 0. The van der Waals surface area contributed by atoms with Gasteiger partial charge in [-0.15, -0.1) is 0 Å². The second kappa shape index (κ2) is 5.30. The Balaban J connectivity index is 2.53. The van der Waals surface area contributed by atoms with Gasteiger partial charge >= 0.3 is 0 Å². The van der Waals surface area contributed by atoms with Gasteiger partial charge in [-0.2, -0.15) is 0 Å². The van der Waals surface area contributed by atoms with E-state index in [9.17, 15) is 22.7 Å². The van der Waals surface area contributed by atoms with Crippen LogP contribution in [0.2, 0.25) is 0 Å². The summed E-state index contributed by atoms with van der Waals surface area (Å²) in [6.07, 6.45) is -1.73. The minimum atomic E-state index is -1.73. The molecule has 1 N–H and O–H groups in total. The van der Waals surface area contributed by atoms with Crippen molar-refractivity contribution in [3.63, 3.8) is 0 Å². The van der Waals surface area contributed by atoms with Crippen LogP contribution in [-0.4, -0.2) is 5.11 Å². The second-order valence-corrected chi connectivity index (χ2v) is 4.75. The smallest absolute Gasteiger partial charge is 0.194 e.